The van der Waals surface area contributed by atoms with Crippen LogP contribution >= 0.6 is 0 Å². The van der Waals surface area contributed by atoms with E-state index in [0.717, 1.165) is 89.9 Å². The Bertz CT molecular complexity index is 989. The number of esters is 2. The van der Waals surface area contributed by atoms with Gasteiger partial charge in [0.1, 0.15) is 13.2 Å². The van der Waals surface area contributed by atoms with Crippen molar-refractivity contribution < 1.29 is 34.1 Å². The molecule has 9 nitrogen and oxygen atoms in total. The summed E-state index contributed by atoms with van der Waals surface area (Å²) in [5, 5.41) is 18.8. The topological polar surface area (TPSA) is 117 Å². The van der Waals surface area contributed by atoms with Crippen molar-refractivity contribution in [3.63, 3.8) is 0 Å². The van der Waals surface area contributed by atoms with Crippen molar-refractivity contribution in [3.05, 3.63) is 48.6 Å². The van der Waals surface area contributed by atoms with E-state index in [1.165, 1.54) is 51.4 Å². The van der Waals surface area contributed by atoms with Gasteiger partial charge in [-0.25, -0.2) is 0 Å². The van der Waals surface area contributed by atoms with E-state index in [-0.39, 0.29) is 57.0 Å². The molecule has 1 amide bonds. The minimum absolute atomic E-state index is 0.0491. The molecular formula is C47H84N2O7. The lowest BCUT2D eigenvalue weighted by atomic mass is 10.1. The third kappa shape index (κ3) is 35.6. The molecule has 0 radical (unpaired) electrons. The number of hydrogen-bond acceptors (Lipinski definition) is 8. The first-order valence-corrected chi connectivity index (χ1v) is 22.4. The van der Waals surface area contributed by atoms with Gasteiger partial charge in [0.2, 0.25) is 5.91 Å². The zero-order valence-corrected chi connectivity index (χ0v) is 36.3. The lowest BCUT2D eigenvalue weighted by Crippen LogP contribution is -2.48. The standard InChI is InChI=1S/C47H84N2O7/c1-5-7-9-11-13-15-17-19-21-23-25-27-29-31-33-35-45(52)55-41-39-49(47(54)43(48(3)4)37-38-44(50)51)40-42-56-46(53)36-34-32-30-28-26-24-22-20-18-16-14-12-10-8-6-2/h13-16,19-22,43-44,50-51H,5-12,17-18,23-42H2,1-4H3/b15-13-,16-14-,21-19-,22-20-/t43-/m0/s1. The molecule has 56 heavy (non-hydrogen) atoms. The molecule has 0 aromatic carbocycles. The van der Waals surface area contributed by atoms with E-state index in [2.05, 4.69) is 62.5 Å². The minimum atomic E-state index is -1.51. The van der Waals surface area contributed by atoms with Crippen molar-refractivity contribution in [1.29, 1.82) is 0 Å². The number of rotatable bonds is 39. The average Bonchev–Trinajstić information content (AvgIpc) is 3.17. The van der Waals surface area contributed by atoms with Crippen LogP contribution < -0.4 is 0 Å². The van der Waals surface area contributed by atoms with Gasteiger partial charge in [0.15, 0.2) is 6.29 Å². The highest BCUT2D eigenvalue weighted by molar-refractivity contribution is 5.82. The summed E-state index contributed by atoms with van der Waals surface area (Å²) < 4.78 is 11.0. The third-order valence-corrected chi connectivity index (χ3v) is 9.83. The number of aliphatic hydroxyl groups is 2. The molecule has 2 N–H and O–H groups in total. The first kappa shape index (κ1) is 53.2. The number of carbonyl (C=O) groups excluding carboxylic acids is 3. The summed E-state index contributed by atoms with van der Waals surface area (Å²) in [6.07, 6.45) is 42.1. The Kier molecular flexibility index (Phi) is 38.5. The van der Waals surface area contributed by atoms with Crippen LogP contribution in [0.5, 0.6) is 0 Å². The summed E-state index contributed by atoms with van der Waals surface area (Å²) >= 11 is 0. The van der Waals surface area contributed by atoms with Crippen molar-refractivity contribution in [2.24, 2.45) is 0 Å². The SMILES string of the molecule is CCCCC/C=C\C/C=C\CCCCCCCC(=O)OCCN(CCOC(=O)CCCCCCC/C=C\C/C=C\CCCCC)C(=O)[C@H](CCC(O)O)N(C)C. The van der Waals surface area contributed by atoms with Crippen molar-refractivity contribution in [1.82, 2.24) is 9.80 Å². The summed E-state index contributed by atoms with van der Waals surface area (Å²) in [5.41, 5.74) is 0. The number of carbonyl (C=O) groups is 3. The second-order valence-corrected chi connectivity index (χ2v) is 15.3. The molecule has 0 bridgehead atoms. The van der Waals surface area contributed by atoms with E-state index in [1.54, 1.807) is 23.9 Å². The molecule has 0 aliphatic carbocycles. The van der Waals surface area contributed by atoms with Crippen LogP contribution in [0.15, 0.2) is 48.6 Å². The van der Waals surface area contributed by atoms with Gasteiger partial charge in [-0.3, -0.25) is 19.3 Å². The number of hydrogen-bond donors (Lipinski definition) is 2. The highest BCUT2D eigenvalue weighted by atomic mass is 16.5. The van der Waals surface area contributed by atoms with E-state index in [0.29, 0.717) is 12.8 Å². The number of nitrogens with zero attached hydrogens (tertiary/aromatic N) is 2. The van der Waals surface area contributed by atoms with Crippen LogP contribution in [0.3, 0.4) is 0 Å². The van der Waals surface area contributed by atoms with Crippen molar-refractivity contribution in [2.45, 2.75) is 193 Å². The van der Waals surface area contributed by atoms with Crippen LogP contribution in [0.25, 0.3) is 0 Å². The van der Waals surface area contributed by atoms with Gasteiger partial charge >= 0.3 is 11.9 Å². The fraction of sp³-hybridized carbons (Fsp3) is 0.766. The van der Waals surface area contributed by atoms with Crippen LogP contribution in [-0.4, -0.2) is 90.6 Å². The lowest BCUT2D eigenvalue weighted by molar-refractivity contribution is -0.149. The minimum Gasteiger partial charge on any atom is -0.464 e. The Morgan fingerprint density at radius 2 is 0.893 bits per heavy atom. The molecule has 0 unspecified atom stereocenters. The normalized spacial score (nSPS) is 12.6. The Morgan fingerprint density at radius 3 is 1.27 bits per heavy atom. The van der Waals surface area contributed by atoms with Crippen molar-refractivity contribution in [3.8, 4) is 0 Å². The molecule has 0 aromatic rings. The molecule has 0 rings (SSSR count). The summed E-state index contributed by atoms with van der Waals surface area (Å²) in [7, 11) is 3.53. The fourth-order valence-electron chi connectivity index (χ4n) is 6.30. The Morgan fingerprint density at radius 1 is 0.518 bits per heavy atom. The molecule has 0 saturated heterocycles. The highest BCUT2D eigenvalue weighted by Gasteiger charge is 2.27. The number of unbranched alkanes of at least 4 members (excludes halogenated alkanes) is 16. The zero-order valence-electron chi connectivity index (χ0n) is 36.3. The van der Waals surface area contributed by atoms with E-state index in [9.17, 15) is 24.6 Å². The molecule has 1 atom stereocenters. The summed E-state index contributed by atoms with van der Waals surface area (Å²) in [6, 6.07) is -0.594. The van der Waals surface area contributed by atoms with Crippen LogP contribution in [0.1, 0.15) is 181 Å². The van der Waals surface area contributed by atoms with E-state index in [1.807, 2.05) is 0 Å². The second-order valence-electron chi connectivity index (χ2n) is 15.3. The maximum atomic E-state index is 13.5. The zero-order chi connectivity index (χ0) is 41.3. The van der Waals surface area contributed by atoms with E-state index < -0.39 is 12.3 Å². The predicted octanol–water partition coefficient (Wildman–Crippen LogP) is 10.5. The monoisotopic (exact) mass is 789 g/mol. The van der Waals surface area contributed by atoms with Gasteiger partial charge in [-0.1, -0.05) is 127 Å². The van der Waals surface area contributed by atoms with Gasteiger partial charge in [-0.15, -0.1) is 0 Å². The Balaban J connectivity index is 4.42. The van der Waals surface area contributed by atoms with Gasteiger partial charge in [-0.05, 0) is 104 Å². The molecule has 0 aliphatic rings. The lowest BCUT2D eigenvalue weighted by Gasteiger charge is -2.31. The van der Waals surface area contributed by atoms with Gasteiger partial charge in [0, 0.05) is 12.8 Å². The first-order valence-electron chi connectivity index (χ1n) is 22.4. The van der Waals surface area contributed by atoms with Crippen molar-refractivity contribution >= 4 is 17.8 Å². The smallest absolute Gasteiger partial charge is 0.305 e. The molecular weight excluding hydrogens is 705 g/mol. The summed E-state index contributed by atoms with van der Waals surface area (Å²) in [6.45, 7) is 4.89. The largest absolute Gasteiger partial charge is 0.464 e. The van der Waals surface area contributed by atoms with Crippen LogP contribution in [0.4, 0.5) is 0 Å². The quantitative estimate of drug-likeness (QED) is 0.0274. The maximum Gasteiger partial charge on any atom is 0.305 e. The molecule has 0 fully saturated rings. The number of amides is 1. The maximum absolute atomic E-state index is 13.5. The summed E-state index contributed by atoms with van der Waals surface area (Å²) in [5.74, 6) is -0.788. The fourth-order valence-corrected chi connectivity index (χ4v) is 6.30. The van der Waals surface area contributed by atoms with Crippen molar-refractivity contribution in [2.75, 3.05) is 40.4 Å². The molecule has 324 valence electrons. The highest BCUT2D eigenvalue weighted by Crippen LogP contribution is 2.13. The summed E-state index contributed by atoms with van der Waals surface area (Å²) in [4.78, 5) is 41.7. The van der Waals surface area contributed by atoms with Crippen LogP contribution in [0.2, 0.25) is 0 Å². The van der Waals surface area contributed by atoms with Gasteiger partial charge in [-0.2, -0.15) is 0 Å². The van der Waals surface area contributed by atoms with Crippen LogP contribution in [-0.2, 0) is 23.9 Å². The number of aliphatic hydroxyl groups excluding tert-OH is 1. The average molecular weight is 789 g/mol. The number of likely N-dealkylation sites (N-methyl/N-ethyl adjacent to an activating group) is 1. The van der Waals surface area contributed by atoms with Gasteiger partial charge < -0.3 is 24.6 Å². The van der Waals surface area contributed by atoms with E-state index >= 15 is 0 Å². The third-order valence-electron chi connectivity index (χ3n) is 9.83. The predicted molar refractivity (Wildman–Crippen MR) is 232 cm³/mol. The van der Waals surface area contributed by atoms with Gasteiger partial charge in [0.25, 0.3) is 0 Å². The molecule has 9 heteroatoms. The van der Waals surface area contributed by atoms with E-state index in [4.69, 9.17) is 9.47 Å². The molecule has 0 aromatic heterocycles. The Hall–Kier alpha value is -2.75. The molecule has 0 saturated carbocycles. The second kappa shape index (κ2) is 40.4. The molecule has 0 heterocycles. The molecule has 0 spiro atoms. The number of allylic oxidation sites excluding steroid dienone is 8. The van der Waals surface area contributed by atoms with Gasteiger partial charge in [0.05, 0.1) is 19.1 Å². The van der Waals surface area contributed by atoms with Crippen LogP contribution in [0, 0.1) is 0 Å². The Labute approximate surface area is 343 Å². The number of ether oxygens (including phenoxy) is 2. The first-order chi connectivity index (χ1) is 27.2. The molecule has 0 aliphatic heterocycles.